The Bertz CT molecular complexity index is 116. The standard InChI is InChI=1S/C11H22/c1-9(2)11(4)7-5-10(3)6-8-11/h9-10H,5-8H2,1-4H3. The quantitative estimate of drug-likeness (QED) is 0.538. The average molecular weight is 154 g/mol. The van der Waals surface area contributed by atoms with Crippen LogP contribution in [0.5, 0.6) is 0 Å². The van der Waals surface area contributed by atoms with Crippen LogP contribution in [0.2, 0.25) is 0 Å². The molecule has 0 radical (unpaired) electrons. The van der Waals surface area contributed by atoms with Crippen LogP contribution in [0.15, 0.2) is 0 Å². The maximum Gasteiger partial charge on any atom is -0.0303 e. The van der Waals surface area contributed by atoms with E-state index in [2.05, 4.69) is 27.7 Å². The van der Waals surface area contributed by atoms with Crippen molar-refractivity contribution in [2.75, 3.05) is 0 Å². The van der Waals surface area contributed by atoms with Crippen LogP contribution < -0.4 is 0 Å². The van der Waals surface area contributed by atoms with Crippen LogP contribution in [0.4, 0.5) is 0 Å². The molecular weight excluding hydrogens is 132 g/mol. The van der Waals surface area contributed by atoms with Gasteiger partial charge in [0.05, 0.1) is 0 Å². The topological polar surface area (TPSA) is 0 Å². The summed E-state index contributed by atoms with van der Waals surface area (Å²) >= 11 is 0. The van der Waals surface area contributed by atoms with Crippen molar-refractivity contribution in [2.24, 2.45) is 17.3 Å². The van der Waals surface area contributed by atoms with Gasteiger partial charge in [0.2, 0.25) is 0 Å². The van der Waals surface area contributed by atoms with E-state index in [0.29, 0.717) is 5.41 Å². The Balaban J connectivity index is 2.48. The summed E-state index contributed by atoms with van der Waals surface area (Å²) in [5.41, 5.74) is 0.659. The minimum absolute atomic E-state index is 0.659. The molecule has 0 amide bonds. The summed E-state index contributed by atoms with van der Waals surface area (Å²) in [4.78, 5) is 0. The first kappa shape index (κ1) is 9.09. The molecular formula is C11H22. The molecule has 11 heavy (non-hydrogen) atoms. The van der Waals surface area contributed by atoms with E-state index in [-0.39, 0.29) is 0 Å². The van der Waals surface area contributed by atoms with Gasteiger partial charge < -0.3 is 0 Å². The lowest BCUT2D eigenvalue weighted by Gasteiger charge is -2.39. The third kappa shape index (κ3) is 1.98. The molecule has 1 aliphatic rings. The Morgan fingerprint density at radius 3 is 2.00 bits per heavy atom. The third-order valence-electron chi connectivity index (χ3n) is 3.81. The summed E-state index contributed by atoms with van der Waals surface area (Å²) in [6, 6.07) is 0. The second-order valence-electron chi connectivity index (χ2n) is 4.99. The smallest absolute Gasteiger partial charge is 0.0303 e. The molecule has 0 spiro atoms. The number of rotatable bonds is 1. The maximum atomic E-state index is 2.46. The molecule has 1 fully saturated rings. The molecule has 0 nitrogen and oxygen atoms in total. The number of hydrogen-bond acceptors (Lipinski definition) is 0. The van der Waals surface area contributed by atoms with E-state index in [4.69, 9.17) is 0 Å². The second-order valence-corrected chi connectivity index (χ2v) is 4.99. The fraction of sp³-hybridized carbons (Fsp3) is 1.00. The molecule has 0 unspecified atom stereocenters. The van der Waals surface area contributed by atoms with E-state index in [0.717, 1.165) is 11.8 Å². The lowest BCUT2D eigenvalue weighted by molar-refractivity contribution is 0.117. The van der Waals surface area contributed by atoms with Gasteiger partial charge in [-0.15, -0.1) is 0 Å². The summed E-state index contributed by atoms with van der Waals surface area (Å²) in [6.07, 6.45) is 5.81. The highest BCUT2D eigenvalue weighted by molar-refractivity contribution is 4.82. The lowest BCUT2D eigenvalue weighted by Crippen LogP contribution is -2.28. The van der Waals surface area contributed by atoms with Crippen LogP contribution in [0.3, 0.4) is 0 Å². The third-order valence-corrected chi connectivity index (χ3v) is 3.81. The van der Waals surface area contributed by atoms with Crippen molar-refractivity contribution in [3.8, 4) is 0 Å². The second kappa shape index (κ2) is 3.16. The summed E-state index contributed by atoms with van der Waals surface area (Å²) < 4.78 is 0. The van der Waals surface area contributed by atoms with E-state index in [1.165, 1.54) is 25.7 Å². The largest absolute Gasteiger partial charge is 0.0625 e. The normalized spacial score (nSPS) is 39.5. The van der Waals surface area contributed by atoms with Crippen molar-refractivity contribution in [1.29, 1.82) is 0 Å². The Kier molecular flexibility index (Phi) is 2.61. The molecule has 0 heteroatoms. The van der Waals surface area contributed by atoms with Gasteiger partial charge in [0.15, 0.2) is 0 Å². The molecule has 0 bridgehead atoms. The van der Waals surface area contributed by atoms with E-state index in [1.54, 1.807) is 0 Å². The zero-order valence-electron chi connectivity index (χ0n) is 8.48. The zero-order chi connectivity index (χ0) is 8.48. The highest BCUT2D eigenvalue weighted by atomic mass is 14.4. The molecule has 0 heterocycles. The van der Waals surface area contributed by atoms with Crippen LogP contribution >= 0.6 is 0 Å². The molecule has 1 rings (SSSR count). The predicted molar refractivity (Wildman–Crippen MR) is 50.6 cm³/mol. The SMILES string of the molecule is CC1CCC(C)(C(C)C)CC1. The van der Waals surface area contributed by atoms with Gasteiger partial charge in [-0.25, -0.2) is 0 Å². The summed E-state index contributed by atoms with van der Waals surface area (Å²) in [5.74, 6) is 1.86. The molecule has 0 aromatic heterocycles. The lowest BCUT2D eigenvalue weighted by atomic mass is 9.66. The Hall–Kier alpha value is 0. The maximum absolute atomic E-state index is 2.46. The fourth-order valence-electron chi connectivity index (χ4n) is 2.00. The minimum atomic E-state index is 0.659. The monoisotopic (exact) mass is 154 g/mol. The molecule has 0 aliphatic heterocycles. The zero-order valence-corrected chi connectivity index (χ0v) is 8.48. The molecule has 0 atom stereocenters. The van der Waals surface area contributed by atoms with Crippen LogP contribution in [-0.2, 0) is 0 Å². The highest BCUT2D eigenvalue weighted by Crippen LogP contribution is 2.43. The molecule has 0 aromatic rings. The van der Waals surface area contributed by atoms with Gasteiger partial charge in [0.25, 0.3) is 0 Å². The highest BCUT2D eigenvalue weighted by Gasteiger charge is 2.31. The van der Waals surface area contributed by atoms with Gasteiger partial charge >= 0.3 is 0 Å². The van der Waals surface area contributed by atoms with Crippen molar-refractivity contribution < 1.29 is 0 Å². The van der Waals surface area contributed by atoms with Gasteiger partial charge in [0, 0.05) is 0 Å². The van der Waals surface area contributed by atoms with Crippen LogP contribution in [-0.4, -0.2) is 0 Å². The number of hydrogen-bond donors (Lipinski definition) is 0. The van der Waals surface area contributed by atoms with Gasteiger partial charge in [0.1, 0.15) is 0 Å². The molecule has 0 aromatic carbocycles. The average Bonchev–Trinajstić information content (AvgIpc) is 1.95. The van der Waals surface area contributed by atoms with Crippen molar-refractivity contribution in [3.63, 3.8) is 0 Å². The van der Waals surface area contributed by atoms with Gasteiger partial charge in [-0.3, -0.25) is 0 Å². The first-order valence-corrected chi connectivity index (χ1v) is 5.04. The molecule has 1 aliphatic carbocycles. The van der Waals surface area contributed by atoms with Gasteiger partial charge in [-0.05, 0) is 30.1 Å². The van der Waals surface area contributed by atoms with Crippen molar-refractivity contribution >= 4 is 0 Å². The first-order chi connectivity index (χ1) is 5.04. The van der Waals surface area contributed by atoms with E-state index < -0.39 is 0 Å². The van der Waals surface area contributed by atoms with Crippen molar-refractivity contribution in [3.05, 3.63) is 0 Å². The van der Waals surface area contributed by atoms with E-state index in [1.807, 2.05) is 0 Å². The fourth-order valence-corrected chi connectivity index (χ4v) is 2.00. The Morgan fingerprint density at radius 2 is 1.64 bits per heavy atom. The van der Waals surface area contributed by atoms with E-state index >= 15 is 0 Å². The van der Waals surface area contributed by atoms with Crippen LogP contribution in [0.1, 0.15) is 53.4 Å². The Morgan fingerprint density at radius 1 is 1.18 bits per heavy atom. The molecule has 0 N–H and O–H groups in total. The predicted octanol–water partition coefficient (Wildman–Crippen LogP) is 3.86. The van der Waals surface area contributed by atoms with E-state index in [9.17, 15) is 0 Å². The first-order valence-electron chi connectivity index (χ1n) is 5.04. The molecule has 66 valence electrons. The Labute approximate surface area is 71.4 Å². The summed E-state index contributed by atoms with van der Waals surface area (Å²) in [6.45, 7) is 9.59. The van der Waals surface area contributed by atoms with Crippen molar-refractivity contribution in [1.82, 2.24) is 0 Å². The minimum Gasteiger partial charge on any atom is -0.0625 e. The van der Waals surface area contributed by atoms with Gasteiger partial charge in [-0.1, -0.05) is 40.5 Å². The van der Waals surface area contributed by atoms with Gasteiger partial charge in [-0.2, -0.15) is 0 Å². The summed E-state index contributed by atoms with van der Waals surface area (Å²) in [7, 11) is 0. The molecule has 0 saturated heterocycles. The van der Waals surface area contributed by atoms with Crippen LogP contribution in [0.25, 0.3) is 0 Å². The summed E-state index contributed by atoms with van der Waals surface area (Å²) in [5, 5.41) is 0. The molecule has 1 saturated carbocycles. The van der Waals surface area contributed by atoms with Crippen molar-refractivity contribution in [2.45, 2.75) is 53.4 Å². The van der Waals surface area contributed by atoms with Crippen LogP contribution in [0, 0.1) is 17.3 Å².